The molecule has 0 fully saturated rings. The zero-order valence-electron chi connectivity index (χ0n) is 12.4. The highest BCUT2D eigenvalue weighted by Crippen LogP contribution is 2.31. The summed E-state index contributed by atoms with van der Waals surface area (Å²) in [5.41, 5.74) is 1.68. The highest BCUT2D eigenvalue weighted by Gasteiger charge is 2.21. The minimum Gasteiger partial charge on any atom is -0.459 e. The molecule has 0 aliphatic heterocycles. The molecule has 1 unspecified atom stereocenters. The summed E-state index contributed by atoms with van der Waals surface area (Å²) in [6, 6.07) is 4.61. The Morgan fingerprint density at radius 2 is 2.24 bits per heavy atom. The van der Waals surface area contributed by atoms with Crippen LogP contribution in [0.25, 0.3) is 11.0 Å². The summed E-state index contributed by atoms with van der Waals surface area (Å²) in [4.78, 5) is 4.35. The first kappa shape index (κ1) is 13.8. The smallest absolute Gasteiger partial charge is 0.134 e. The Morgan fingerprint density at radius 1 is 1.43 bits per heavy atom. The number of aryl methyl sites for hydroxylation is 2. The molecule has 0 saturated carbocycles. The van der Waals surface area contributed by atoms with E-state index in [2.05, 4.69) is 10.3 Å². The molecule has 0 aliphatic rings. The molecule has 5 heteroatoms. The number of imidazole rings is 1. The van der Waals surface area contributed by atoms with Crippen molar-refractivity contribution in [3.63, 3.8) is 0 Å². The SMILES string of the molecule is CNC(Cc1nccn1C)c1oc2ccc(F)cc2c1C. The fourth-order valence-electron chi connectivity index (χ4n) is 2.65. The van der Waals surface area contributed by atoms with E-state index in [0.29, 0.717) is 12.0 Å². The summed E-state index contributed by atoms with van der Waals surface area (Å²) < 4.78 is 21.3. The van der Waals surface area contributed by atoms with E-state index in [0.717, 1.165) is 22.5 Å². The van der Waals surface area contributed by atoms with Gasteiger partial charge in [0.15, 0.2) is 0 Å². The van der Waals surface area contributed by atoms with E-state index in [1.54, 1.807) is 12.3 Å². The van der Waals surface area contributed by atoms with Gasteiger partial charge >= 0.3 is 0 Å². The number of likely N-dealkylation sites (N-methyl/N-ethyl adjacent to an activating group) is 1. The molecule has 21 heavy (non-hydrogen) atoms. The van der Waals surface area contributed by atoms with Gasteiger partial charge < -0.3 is 14.3 Å². The molecule has 4 nitrogen and oxygen atoms in total. The highest BCUT2D eigenvalue weighted by atomic mass is 19.1. The zero-order valence-corrected chi connectivity index (χ0v) is 12.4. The van der Waals surface area contributed by atoms with Crippen molar-refractivity contribution in [3.05, 3.63) is 53.6 Å². The van der Waals surface area contributed by atoms with E-state index in [1.807, 2.05) is 31.8 Å². The van der Waals surface area contributed by atoms with Crippen molar-refractivity contribution >= 4 is 11.0 Å². The molecule has 2 aromatic heterocycles. The first-order valence-corrected chi connectivity index (χ1v) is 6.92. The van der Waals surface area contributed by atoms with Crippen molar-refractivity contribution < 1.29 is 8.81 Å². The molecule has 3 aromatic rings. The fourth-order valence-corrected chi connectivity index (χ4v) is 2.65. The maximum Gasteiger partial charge on any atom is 0.134 e. The summed E-state index contributed by atoms with van der Waals surface area (Å²) in [6.07, 6.45) is 4.41. The average Bonchev–Trinajstić information content (AvgIpc) is 3.01. The first-order valence-electron chi connectivity index (χ1n) is 6.92. The number of rotatable bonds is 4. The lowest BCUT2D eigenvalue weighted by molar-refractivity contribution is 0.439. The van der Waals surface area contributed by atoms with E-state index in [4.69, 9.17) is 4.42 Å². The number of fused-ring (bicyclic) bond motifs is 1. The van der Waals surface area contributed by atoms with Gasteiger partial charge in [-0.3, -0.25) is 0 Å². The van der Waals surface area contributed by atoms with Crippen molar-refractivity contribution in [2.45, 2.75) is 19.4 Å². The third-order valence-electron chi connectivity index (χ3n) is 3.91. The van der Waals surface area contributed by atoms with Crippen LogP contribution < -0.4 is 5.32 Å². The van der Waals surface area contributed by atoms with Crippen LogP contribution in [0.2, 0.25) is 0 Å². The van der Waals surface area contributed by atoms with Gasteiger partial charge in [-0.05, 0) is 32.2 Å². The molecular formula is C16H18FN3O. The van der Waals surface area contributed by atoms with Gasteiger partial charge in [-0.2, -0.15) is 0 Å². The molecule has 0 aliphatic carbocycles. The van der Waals surface area contributed by atoms with Gasteiger partial charge in [0.1, 0.15) is 23.0 Å². The molecule has 1 N–H and O–H groups in total. The molecule has 0 radical (unpaired) electrons. The van der Waals surface area contributed by atoms with Gasteiger partial charge in [-0.25, -0.2) is 9.37 Å². The van der Waals surface area contributed by atoms with Crippen molar-refractivity contribution in [3.8, 4) is 0 Å². The number of halogens is 1. The van der Waals surface area contributed by atoms with Crippen LogP contribution in [0.5, 0.6) is 0 Å². The quantitative estimate of drug-likeness (QED) is 0.801. The van der Waals surface area contributed by atoms with Crippen LogP contribution in [0.4, 0.5) is 4.39 Å². The third-order valence-corrected chi connectivity index (χ3v) is 3.91. The van der Waals surface area contributed by atoms with Crippen LogP contribution in [0.15, 0.2) is 35.0 Å². The predicted molar refractivity (Wildman–Crippen MR) is 79.6 cm³/mol. The van der Waals surface area contributed by atoms with Gasteiger partial charge in [-0.15, -0.1) is 0 Å². The Morgan fingerprint density at radius 3 is 2.90 bits per heavy atom. The molecule has 1 atom stereocenters. The maximum absolute atomic E-state index is 13.4. The number of hydrogen-bond donors (Lipinski definition) is 1. The maximum atomic E-state index is 13.4. The molecule has 2 heterocycles. The van der Waals surface area contributed by atoms with Gasteiger partial charge in [0.05, 0.1) is 6.04 Å². The second-order valence-electron chi connectivity index (χ2n) is 5.23. The molecule has 3 rings (SSSR count). The molecule has 0 amide bonds. The number of hydrogen-bond acceptors (Lipinski definition) is 3. The summed E-state index contributed by atoms with van der Waals surface area (Å²) >= 11 is 0. The summed E-state index contributed by atoms with van der Waals surface area (Å²) in [7, 11) is 3.86. The molecule has 0 spiro atoms. The number of nitrogens with zero attached hydrogens (tertiary/aromatic N) is 2. The largest absolute Gasteiger partial charge is 0.459 e. The van der Waals surface area contributed by atoms with Crippen LogP contribution in [0, 0.1) is 12.7 Å². The van der Waals surface area contributed by atoms with Gasteiger partial charge in [0.2, 0.25) is 0 Å². The van der Waals surface area contributed by atoms with Crippen molar-refractivity contribution in [2.24, 2.45) is 7.05 Å². The zero-order chi connectivity index (χ0) is 15.0. The standard InChI is InChI=1S/C16H18FN3O/c1-10-12-8-11(17)4-5-14(12)21-16(10)13(18-2)9-15-19-6-7-20(15)3/h4-8,13,18H,9H2,1-3H3. The first-order chi connectivity index (χ1) is 10.1. The van der Waals surface area contributed by atoms with Crippen molar-refractivity contribution in [1.29, 1.82) is 0 Å². The van der Waals surface area contributed by atoms with Crippen LogP contribution in [-0.4, -0.2) is 16.6 Å². The fraction of sp³-hybridized carbons (Fsp3) is 0.312. The van der Waals surface area contributed by atoms with E-state index in [-0.39, 0.29) is 11.9 Å². The molecule has 1 aromatic carbocycles. The van der Waals surface area contributed by atoms with Crippen LogP contribution >= 0.6 is 0 Å². The second-order valence-corrected chi connectivity index (χ2v) is 5.23. The lowest BCUT2D eigenvalue weighted by atomic mass is 10.1. The number of nitrogens with one attached hydrogen (secondary N) is 1. The normalized spacial score (nSPS) is 13.0. The third kappa shape index (κ3) is 2.45. The van der Waals surface area contributed by atoms with Crippen molar-refractivity contribution in [1.82, 2.24) is 14.9 Å². The monoisotopic (exact) mass is 287 g/mol. The van der Waals surface area contributed by atoms with Crippen LogP contribution in [0.3, 0.4) is 0 Å². The van der Waals surface area contributed by atoms with E-state index >= 15 is 0 Å². The van der Waals surface area contributed by atoms with E-state index < -0.39 is 0 Å². The molecule has 110 valence electrons. The Labute approximate surface area is 122 Å². The van der Waals surface area contributed by atoms with E-state index in [9.17, 15) is 4.39 Å². The van der Waals surface area contributed by atoms with Gasteiger partial charge in [0.25, 0.3) is 0 Å². The summed E-state index contributed by atoms with van der Waals surface area (Å²) in [5, 5.41) is 4.08. The van der Waals surface area contributed by atoms with Crippen molar-refractivity contribution in [2.75, 3.05) is 7.05 Å². The van der Waals surface area contributed by atoms with E-state index in [1.165, 1.54) is 12.1 Å². The molecule has 0 saturated heterocycles. The molecule has 0 bridgehead atoms. The van der Waals surface area contributed by atoms with Crippen LogP contribution in [0.1, 0.15) is 23.2 Å². The highest BCUT2D eigenvalue weighted by molar-refractivity contribution is 5.82. The summed E-state index contributed by atoms with van der Waals surface area (Å²) in [6.45, 7) is 1.96. The van der Waals surface area contributed by atoms with Gasteiger partial charge in [-0.1, -0.05) is 0 Å². The molecular weight excluding hydrogens is 269 g/mol. The Balaban J connectivity index is 2.01. The Hall–Kier alpha value is -2.14. The Kier molecular flexibility index (Phi) is 3.51. The average molecular weight is 287 g/mol. The minimum absolute atomic E-state index is 0.00145. The number of benzene rings is 1. The second kappa shape index (κ2) is 5.33. The van der Waals surface area contributed by atoms with Crippen LogP contribution in [-0.2, 0) is 13.5 Å². The number of aromatic nitrogens is 2. The predicted octanol–water partition coefficient (Wildman–Crippen LogP) is 3.12. The minimum atomic E-state index is -0.247. The lowest BCUT2D eigenvalue weighted by Crippen LogP contribution is -2.20. The lowest BCUT2D eigenvalue weighted by Gasteiger charge is -2.14. The Bertz CT molecular complexity index is 775. The topological polar surface area (TPSA) is 43.0 Å². The van der Waals surface area contributed by atoms with Gasteiger partial charge in [0, 0.05) is 36.8 Å². The summed E-state index contributed by atoms with van der Waals surface area (Å²) in [5.74, 6) is 1.56. The number of furan rings is 1.